The Kier molecular flexibility index (Phi) is 3.77. The number of hydrogen-bond acceptors (Lipinski definition) is 4. The van der Waals surface area contributed by atoms with Gasteiger partial charge in [-0.3, -0.25) is 0 Å². The van der Waals surface area contributed by atoms with Gasteiger partial charge in [-0.2, -0.15) is 0 Å². The minimum Gasteiger partial charge on any atom is -0.392 e. The molecule has 3 nitrogen and oxygen atoms in total. The monoisotopic (exact) mass is 254 g/mol. The minimum absolute atomic E-state index is 0.0343. The maximum Gasteiger partial charge on any atom is 0.183 e. The third-order valence-corrected chi connectivity index (χ3v) is 3.28. The number of nitrogens with zero attached hydrogens (tertiary/aromatic N) is 1. The highest BCUT2D eigenvalue weighted by atomic mass is 35.5. The van der Waals surface area contributed by atoms with Gasteiger partial charge in [-0.25, -0.2) is 4.98 Å². The summed E-state index contributed by atoms with van der Waals surface area (Å²) in [7, 11) is 0. The maximum atomic E-state index is 9.15. The number of aromatic nitrogens is 1. The molecule has 0 spiro atoms. The first-order valence-corrected chi connectivity index (χ1v) is 6.02. The third kappa shape index (κ3) is 2.72. The molecule has 0 saturated carbocycles. The van der Waals surface area contributed by atoms with E-state index >= 15 is 0 Å². The Hall–Kier alpha value is -1.10. The number of aliphatic hydroxyl groups excluding tert-OH is 1. The number of anilines is 1. The van der Waals surface area contributed by atoms with Crippen molar-refractivity contribution in [2.45, 2.75) is 13.2 Å². The molecule has 1 aromatic carbocycles. The van der Waals surface area contributed by atoms with E-state index in [0.717, 1.165) is 16.1 Å². The molecular weight excluding hydrogens is 244 g/mol. The summed E-state index contributed by atoms with van der Waals surface area (Å²) in [6.07, 6.45) is 1.75. The molecule has 0 fully saturated rings. The number of aliphatic hydroxyl groups is 1. The molecule has 0 aliphatic heterocycles. The fourth-order valence-corrected chi connectivity index (χ4v) is 2.30. The third-order valence-electron chi connectivity index (χ3n) is 2.17. The fourth-order valence-electron chi connectivity index (χ4n) is 1.38. The van der Waals surface area contributed by atoms with Gasteiger partial charge in [0.15, 0.2) is 4.47 Å². The Morgan fingerprint density at radius 1 is 1.38 bits per heavy atom. The van der Waals surface area contributed by atoms with Gasteiger partial charge in [0.25, 0.3) is 0 Å². The average Bonchev–Trinajstić information content (AvgIpc) is 2.73. The molecule has 0 radical (unpaired) electrons. The highest BCUT2D eigenvalue weighted by Crippen LogP contribution is 2.20. The Balaban J connectivity index is 2.04. The van der Waals surface area contributed by atoms with Crippen molar-refractivity contribution in [3.8, 4) is 0 Å². The van der Waals surface area contributed by atoms with Gasteiger partial charge in [-0.05, 0) is 6.07 Å². The Morgan fingerprint density at radius 2 is 2.19 bits per heavy atom. The predicted octanol–water partition coefficient (Wildman–Crippen LogP) is 2.90. The molecule has 2 rings (SSSR count). The van der Waals surface area contributed by atoms with E-state index in [2.05, 4.69) is 10.3 Å². The van der Waals surface area contributed by atoms with Crippen molar-refractivity contribution in [1.82, 2.24) is 4.98 Å². The molecule has 2 N–H and O–H groups in total. The quantitative estimate of drug-likeness (QED) is 0.882. The van der Waals surface area contributed by atoms with E-state index in [1.807, 2.05) is 24.3 Å². The lowest BCUT2D eigenvalue weighted by Gasteiger charge is -2.08. The van der Waals surface area contributed by atoms with E-state index in [1.54, 1.807) is 6.20 Å². The molecule has 5 heteroatoms. The van der Waals surface area contributed by atoms with Crippen LogP contribution in [0.15, 0.2) is 30.5 Å². The Bertz CT molecular complexity index is 473. The van der Waals surface area contributed by atoms with E-state index in [9.17, 15) is 0 Å². The van der Waals surface area contributed by atoms with Gasteiger partial charge in [-0.15, -0.1) is 11.3 Å². The van der Waals surface area contributed by atoms with Gasteiger partial charge in [0, 0.05) is 22.3 Å². The van der Waals surface area contributed by atoms with Gasteiger partial charge in [0.1, 0.15) is 0 Å². The summed E-state index contributed by atoms with van der Waals surface area (Å²) >= 11 is 7.19. The van der Waals surface area contributed by atoms with Crippen LogP contribution in [-0.2, 0) is 13.2 Å². The Labute approximate surface area is 103 Å². The summed E-state index contributed by atoms with van der Waals surface area (Å²) in [4.78, 5) is 5.03. The molecule has 84 valence electrons. The lowest BCUT2D eigenvalue weighted by Crippen LogP contribution is -2.00. The van der Waals surface area contributed by atoms with Crippen molar-refractivity contribution >= 4 is 28.6 Å². The molecule has 0 saturated heterocycles. The van der Waals surface area contributed by atoms with Gasteiger partial charge in [-0.1, -0.05) is 29.8 Å². The highest BCUT2D eigenvalue weighted by molar-refractivity contribution is 7.15. The van der Waals surface area contributed by atoms with E-state index < -0.39 is 0 Å². The van der Waals surface area contributed by atoms with Crippen LogP contribution in [0.4, 0.5) is 5.69 Å². The van der Waals surface area contributed by atoms with E-state index in [1.165, 1.54) is 11.3 Å². The topological polar surface area (TPSA) is 45.1 Å². The van der Waals surface area contributed by atoms with Crippen LogP contribution in [0, 0.1) is 0 Å². The molecular formula is C11H11ClN2OS. The van der Waals surface area contributed by atoms with Crippen molar-refractivity contribution in [3.63, 3.8) is 0 Å². The van der Waals surface area contributed by atoms with Crippen LogP contribution in [0.1, 0.15) is 10.4 Å². The second-order valence-electron chi connectivity index (χ2n) is 3.25. The molecule has 0 aliphatic rings. The van der Waals surface area contributed by atoms with E-state index in [4.69, 9.17) is 16.7 Å². The van der Waals surface area contributed by atoms with Crippen molar-refractivity contribution in [1.29, 1.82) is 0 Å². The number of thiazole rings is 1. The Morgan fingerprint density at radius 3 is 2.88 bits per heavy atom. The number of nitrogens with one attached hydrogen (secondary N) is 1. The summed E-state index contributed by atoms with van der Waals surface area (Å²) in [5, 5.41) is 12.4. The molecule has 0 bridgehead atoms. The molecule has 0 amide bonds. The van der Waals surface area contributed by atoms with Crippen molar-refractivity contribution < 1.29 is 5.11 Å². The number of halogens is 1. The first kappa shape index (κ1) is 11.4. The standard InChI is InChI=1S/C11H11ClN2OS/c12-11-14-6-9(16-11)5-13-10-4-2-1-3-8(10)7-15/h1-4,6,13,15H,5,7H2. The molecule has 16 heavy (non-hydrogen) atoms. The van der Waals surface area contributed by atoms with Crippen LogP contribution in [-0.4, -0.2) is 10.1 Å². The largest absolute Gasteiger partial charge is 0.392 e. The van der Waals surface area contributed by atoms with Gasteiger partial charge >= 0.3 is 0 Å². The average molecular weight is 255 g/mol. The van der Waals surface area contributed by atoms with Crippen LogP contribution < -0.4 is 5.32 Å². The summed E-state index contributed by atoms with van der Waals surface area (Å²) in [6.45, 7) is 0.702. The molecule has 2 aromatic rings. The second kappa shape index (κ2) is 5.30. The second-order valence-corrected chi connectivity index (χ2v) is 4.95. The number of hydrogen-bond donors (Lipinski definition) is 2. The van der Waals surface area contributed by atoms with Crippen LogP contribution in [0.3, 0.4) is 0 Å². The zero-order valence-electron chi connectivity index (χ0n) is 8.48. The van der Waals surface area contributed by atoms with Crippen LogP contribution in [0.25, 0.3) is 0 Å². The predicted molar refractivity (Wildman–Crippen MR) is 66.8 cm³/mol. The summed E-state index contributed by atoms with van der Waals surface area (Å²) < 4.78 is 0.548. The SMILES string of the molecule is OCc1ccccc1NCc1cnc(Cl)s1. The summed E-state index contributed by atoms with van der Waals surface area (Å²) in [5.74, 6) is 0. The molecule has 1 heterocycles. The summed E-state index contributed by atoms with van der Waals surface area (Å²) in [5.41, 5.74) is 1.83. The van der Waals surface area contributed by atoms with Crippen LogP contribution in [0.2, 0.25) is 4.47 Å². The summed E-state index contributed by atoms with van der Waals surface area (Å²) in [6, 6.07) is 7.66. The number of para-hydroxylation sites is 1. The lowest BCUT2D eigenvalue weighted by molar-refractivity contribution is 0.282. The van der Waals surface area contributed by atoms with Gasteiger partial charge in [0.05, 0.1) is 13.2 Å². The first-order chi connectivity index (χ1) is 7.79. The molecule has 0 unspecified atom stereocenters. The van der Waals surface area contributed by atoms with Crippen molar-refractivity contribution in [2.24, 2.45) is 0 Å². The van der Waals surface area contributed by atoms with E-state index in [0.29, 0.717) is 11.0 Å². The smallest absolute Gasteiger partial charge is 0.183 e. The van der Waals surface area contributed by atoms with Crippen LogP contribution in [0.5, 0.6) is 0 Å². The number of benzene rings is 1. The number of rotatable bonds is 4. The van der Waals surface area contributed by atoms with Crippen molar-refractivity contribution in [3.05, 3.63) is 45.4 Å². The fraction of sp³-hybridized carbons (Fsp3) is 0.182. The molecule has 1 aromatic heterocycles. The van der Waals surface area contributed by atoms with Crippen molar-refractivity contribution in [2.75, 3.05) is 5.32 Å². The van der Waals surface area contributed by atoms with Gasteiger partial charge in [0.2, 0.25) is 0 Å². The highest BCUT2D eigenvalue weighted by Gasteiger charge is 2.02. The molecule has 0 aliphatic carbocycles. The normalized spacial score (nSPS) is 10.4. The van der Waals surface area contributed by atoms with E-state index in [-0.39, 0.29) is 6.61 Å². The first-order valence-electron chi connectivity index (χ1n) is 4.82. The maximum absolute atomic E-state index is 9.15. The zero-order valence-corrected chi connectivity index (χ0v) is 10.1. The zero-order chi connectivity index (χ0) is 11.4. The molecule has 0 atom stereocenters. The lowest BCUT2D eigenvalue weighted by atomic mass is 10.2. The minimum atomic E-state index is 0.0343. The van der Waals surface area contributed by atoms with Crippen LogP contribution >= 0.6 is 22.9 Å². The van der Waals surface area contributed by atoms with Gasteiger partial charge < -0.3 is 10.4 Å².